The van der Waals surface area contributed by atoms with E-state index in [1.165, 1.54) is 0 Å². The second-order valence-corrected chi connectivity index (χ2v) is 4.58. The zero-order chi connectivity index (χ0) is 15.6. The Kier molecular flexibility index (Phi) is 6.05. The Bertz CT molecular complexity index is 638. The third-order valence-corrected chi connectivity index (χ3v) is 2.99. The van der Waals surface area contributed by atoms with Crippen molar-refractivity contribution in [1.29, 1.82) is 0 Å². The number of benzene rings is 2. The molecule has 0 bridgehead atoms. The van der Waals surface area contributed by atoms with Gasteiger partial charge in [0.05, 0.1) is 19.9 Å². The number of rotatable bonds is 8. The van der Waals surface area contributed by atoms with Crippen molar-refractivity contribution in [2.24, 2.45) is 5.10 Å². The molecule has 4 heteroatoms. The molecule has 114 valence electrons. The highest BCUT2D eigenvalue weighted by molar-refractivity contribution is 5.79. The van der Waals surface area contributed by atoms with Gasteiger partial charge in [-0.1, -0.05) is 43.0 Å². The van der Waals surface area contributed by atoms with E-state index in [9.17, 15) is 0 Å². The van der Waals surface area contributed by atoms with E-state index in [2.05, 4.69) is 17.1 Å². The monoisotopic (exact) mass is 296 g/mol. The molecule has 0 aliphatic heterocycles. The van der Waals surface area contributed by atoms with Crippen LogP contribution in [0.25, 0.3) is 0 Å². The average Bonchev–Trinajstić information content (AvgIpc) is 2.57. The van der Waals surface area contributed by atoms with E-state index in [0.29, 0.717) is 13.2 Å². The maximum atomic E-state index is 5.49. The first-order valence-electron chi connectivity index (χ1n) is 7.05. The van der Waals surface area contributed by atoms with Gasteiger partial charge in [0.2, 0.25) is 0 Å². The standard InChI is InChI=1S/C18H20N2O2/c1-3-11-22-17-9-6-7-15(12-17)13-19-20-14-16-8-4-5-10-18(16)21-2/h3-10,12-13,20H,1,11,14H2,2H3/b19-13+. The van der Waals surface area contributed by atoms with Crippen LogP contribution in [0.4, 0.5) is 0 Å². The summed E-state index contributed by atoms with van der Waals surface area (Å²) in [6.07, 6.45) is 3.48. The molecule has 0 spiro atoms. The minimum absolute atomic E-state index is 0.493. The first-order chi connectivity index (χ1) is 10.8. The summed E-state index contributed by atoms with van der Waals surface area (Å²) in [7, 11) is 1.66. The Balaban J connectivity index is 1.91. The summed E-state index contributed by atoms with van der Waals surface area (Å²) in [6, 6.07) is 15.6. The minimum atomic E-state index is 0.493. The highest BCUT2D eigenvalue weighted by Crippen LogP contribution is 2.16. The molecule has 0 heterocycles. The lowest BCUT2D eigenvalue weighted by molar-refractivity contribution is 0.363. The topological polar surface area (TPSA) is 42.8 Å². The van der Waals surface area contributed by atoms with Crippen LogP contribution in [-0.4, -0.2) is 19.9 Å². The third kappa shape index (κ3) is 4.66. The van der Waals surface area contributed by atoms with Crippen LogP contribution in [0.1, 0.15) is 11.1 Å². The van der Waals surface area contributed by atoms with Gasteiger partial charge in [-0.05, 0) is 23.8 Å². The highest BCUT2D eigenvalue weighted by atomic mass is 16.5. The Hall–Kier alpha value is -2.75. The summed E-state index contributed by atoms with van der Waals surface area (Å²) in [4.78, 5) is 0. The van der Waals surface area contributed by atoms with Crippen molar-refractivity contribution in [3.63, 3.8) is 0 Å². The molecule has 0 atom stereocenters. The van der Waals surface area contributed by atoms with Crippen molar-refractivity contribution < 1.29 is 9.47 Å². The van der Waals surface area contributed by atoms with Crippen LogP contribution in [-0.2, 0) is 6.54 Å². The summed E-state index contributed by atoms with van der Waals surface area (Å²) in [5.74, 6) is 1.65. The number of ether oxygens (including phenoxy) is 2. The summed E-state index contributed by atoms with van der Waals surface area (Å²) >= 11 is 0. The lowest BCUT2D eigenvalue weighted by Gasteiger charge is -2.07. The summed E-state index contributed by atoms with van der Waals surface area (Å²) in [5, 5.41) is 4.23. The Morgan fingerprint density at radius 2 is 2.05 bits per heavy atom. The maximum Gasteiger partial charge on any atom is 0.123 e. The van der Waals surface area contributed by atoms with Crippen molar-refractivity contribution >= 4 is 6.21 Å². The predicted octanol–water partition coefficient (Wildman–Crippen LogP) is 3.38. The molecule has 0 saturated heterocycles. The van der Waals surface area contributed by atoms with E-state index in [1.54, 1.807) is 19.4 Å². The number of methoxy groups -OCH3 is 1. The van der Waals surface area contributed by atoms with E-state index >= 15 is 0 Å². The number of para-hydroxylation sites is 1. The van der Waals surface area contributed by atoms with Crippen molar-refractivity contribution in [3.8, 4) is 11.5 Å². The van der Waals surface area contributed by atoms with Gasteiger partial charge in [-0.2, -0.15) is 5.10 Å². The number of hydrazone groups is 1. The molecule has 0 amide bonds. The normalized spacial score (nSPS) is 10.4. The van der Waals surface area contributed by atoms with E-state index in [1.807, 2.05) is 48.5 Å². The molecule has 22 heavy (non-hydrogen) atoms. The second-order valence-electron chi connectivity index (χ2n) is 4.58. The number of hydrogen-bond donors (Lipinski definition) is 1. The molecular formula is C18H20N2O2. The van der Waals surface area contributed by atoms with Crippen LogP contribution in [0.5, 0.6) is 11.5 Å². The SMILES string of the molecule is C=CCOc1cccc(/C=N/NCc2ccccc2OC)c1. The fourth-order valence-corrected chi connectivity index (χ4v) is 1.94. The van der Waals surface area contributed by atoms with Crippen LogP contribution in [0.15, 0.2) is 66.3 Å². The molecular weight excluding hydrogens is 276 g/mol. The minimum Gasteiger partial charge on any atom is -0.496 e. The predicted molar refractivity (Wildman–Crippen MR) is 89.6 cm³/mol. The largest absolute Gasteiger partial charge is 0.496 e. The fraction of sp³-hybridized carbons (Fsp3) is 0.167. The Morgan fingerprint density at radius 1 is 1.18 bits per heavy atom. The second kappa shape index (κ2) is 8.52. The van der Waals surface area contributed by atoms with Crippen molar-refractivity contribution in [3.05, 3.63) is 72.3 Å². The molecule has 1 N–H and O–H groups in total. The first kappa shape index (κ1) is 15.6. The summed E-state index contributed by atoms with van der Waals surface area (Å²) in [5.41, 5.74) is 5.05. The summed E-state index contributed by atoms with van der Waals surface area (Å²) in [6.45, 7) is 4.73. The van der Waals surface area contributed by atoms with Gasteiger partial charge in [0, 0.05) is 5.56 Å². The number of nitrogens with one attached hydrogen (secondary N) is 1. The molecule has 0 fully saturated rings. The van der Waals surface area contributed by atoms with Crippen molar-refractivity contribution in [2.45, 2.75) is 6.54 Å². The zero-order valence-electron chi connectivity index (χ0n) is 12.7. The highest BCUT2D eigenvalue weighted by Gasteiger charge is 1.99. The fourth-order valence-electron chi connectivity index (χ4n) is 1.94. The van der Waals surface area contributed by atoms with Crippen LogP contribution in [0.3, 0.4) is 0 Å². The van der Waals surface area contributed by atoms with Gasteiger partial charge in [0.15, 0.2) is 0 Å². The van der Waals surface area contributed by atoms with Gasteiger partial charge in [-0.3, -0.25) is 0 Å². The van der Waals surface area contributed by atoms with Crippen LogP contribution < -0.4 is 14.9 Å². The molecule has 2 rings (SSSR count). The van der Waals surface area contributed by atoms with Gasteiger partial charge in [0.1, 0.15) is 18.1 Å². The molecule has 0 saturated carbocycles. The third-order valence-electron chi connectivity index (χ3n) is 2.99. The van der Waals surface area contributed by atoms with Crippen LogP contribution >= 0.6 is 0 Å². The molecule has 0 aliphatic carbocycles. The lowest BCUT2D eigenvalue weighted by atomic mass is 10.2. The maximum absolute atomic E-state index is 5.49. The van der Waals surface area contributed by atoms with Gasteiger partial charge in [-0.25, -0.2) is 0 Å². The molecule has 0 unspecified atom stereocenters. The van der Waals surface area contributed by atoms with Crippen LogP contribution in [0.2, 0.25) is 0 Å². The Morgan fingerprint density at radius 3 is 2.86 bits per heavy atom. The van der Waals surface area contributed by atoms with Crippen LogP contribution in [0, 0.1) is 0 Å². The lowest BCUT2D eigenvalue weighted by Crippen LogP contribution is -2.06. The molecule has 4 nitrogen and oxygen atoms in total. The smallest absolute Gasteiger partial charge is 0.123 e. The number of nitrogens with zero attached hydrogens (tertiary/aromatic N) is 1. The average molecular weight is 296 g/mol. The van der Waals surface area contributed by atoms with Gasteiger partial charge in [0.25, 0.3) is 0 Å². The molecule has 0 aliphatic rings. The molecule has 2 aromatic carbocycles. The molecule has 2 aromatic rings. The van der Waals surface area contributed by atoms with Crippen molar-refractivity contribution in [2.75, 3.05) is 13.7 Å². The van der Waals surface area contributed by atoms with E-state index in [0.717, 1.165) is 22.6 Å². The van der Waals surface area contributed by atoms with E-state index < -0.39 is 0 Å². The summed E-state index contributed by atoms with van der Waals surface area (Å²) < 4.78 is 10.8. The van der Waals surface area contributed by atoms with Crippen molar-refractivity contribution in [1.82, 2.24) is 5.43 Å². The zero-order valence-corrected chi connectivity index (χ0v) is 12.7. The molecule has 0 radical (unpaired) electrons. The first-order valence-corrected chi connectivity index (χ1v) is 7.05. The van der Waals surface area contributed by atoms with Gasteiger partial charge >= 0.3 is 0 Å². The Labute approximate surface area is 131 Å². The van der Waals surface area contributed by atoms with Gasteiger partial charge in [-0.15, -0.1) is 0 Å². The quantitative estimate of drug-likeness (QED) is 0.461. The number of hydrogen-bond acceptors (Lipinski definition) is 4. The van der Waals surface area contributed by atoms with Gasteiger partial charge < -0.3 is 14.9 Å². The van der Waals surface area contributed by atoms with E-state index in [-0.39, 0.29) is 0 Å². The van der Waals surface area contributed by atoms with E-state index in [4.69, 9.17) is 9.47 Å². The molecule has 0 aromatic heterocycles.